The lowest BCUT2D eigenvalue weighted by molar-refractivity contribution is 0.00206. The van der Waals surface area contributed by atoms with Crippen molar-refractivity contribution in [2.45, 2.75) is 0 Å². The van der Waals surface area contributed by atoms with Crippen LogP contribution in [0.5, 0.6) is 0 Å². The molecule has 3 aliphatic heterocycles. The van der Waals surface area contributed by atoms with Crippen molar-refractivity contribution in [3.63, 3.8) is 0 Å². The van der Waals surface area contributed by atoms with E-state index >= 15 is 0 Å². The van der Waals surface area contributed by atoms with E-state index in [0.717, 1.165) is 26.2 Å². The van der Waals surface area contributed by atoms with Crippen LogP contribution in [0.3, 0.4) is 0 Å². The van der Waals surface area contributed by atoms with Gasteiger partial charge in [0.15, 0.2) is 0 Å². The van der Waals surface area contributed by atoms with Crippen LogP contribution in [0.25, 0.3) is 0 Å². The highest BCUT2D eigenvalue weighted by Gasteiger charge is 2.51. The van der Waals surface area contributed by atoms with Crippen molar-refractivity contribution in [1.82, 2.24) is 14.0 Å². The molecule has 0 aliphatic carbocycles. The Labute approximate surface area is 138 Å². The molecule has 0 atom stereocenters. The molecule has 0 spiro atoms. The third kappa shape index (κ3) is 5.21. The predicted octanol–water partition coefficient (Wildman–Crippen LogP) is 0.108. The molecule has 0 radical (unpaired) electrons. The molecule has 0 bridgehead atoms. The molecule has 3 saturated heterocycles. The second-order valence-electron chi connectivity index (χ2n) is 5.82. The van der Waals surface area contributed by atoms with E-state index in [9.17, 15) is 4.57 Å². The van der Waals surface area contributed by atoms with Gasteiger partial charge in [-0.25, -0.2) is 14.0 Å². The summed E-state index contributed by atoms with van der Waals surface area (Å²) in [6, 6.07) is 0. The fourth-order valence-electron chi connectivity index (χ4n) is 2.62. The van der Waals surface area contributed by atoms with Gasteiger partial charge in [0.2, 0.25) is 0 Å². The minimum Gasteiger partial charge on any atom is -0.378 e. The average molecular weight is 349 g/mol. The van der Waals surface area contributed by atoms with Gasteiger partial charge < -0.3 is 18.9 Å². The SMILES string of the molecule is O=P(N1CCOCCOCCOCCOCC1)(N1CC1)N1CC1. The Morgan fingerprint density at radius 1 is 0.478 bits per heavy atom. The molecule has 8 nitrogen and oxygen atoms in total. The molecule has 134 valence electrons. The molecule has 0 unspecified atom stereocenters. The Morgan fingerprint density at radius 3 is 1.13 bits per heavy atom. The Morgan fingerprint density at radius 2 is 0.783 bits per heavy atom. The second kappa shape index (κ2) is 8.87. The van der Waals surface area contributed by atoms with Crippen molar-refractivity contribution in [3.05, 3.63) is 0 Å². The maximum absolute atomic E-state index is 13.5. The van der Waals surface area contributed by atoms with E-state index in [1.807, 2.05) is 0 Å². The van der Waals surface area contributed by atoms with Crippen molar-refractivity contribution in [1.29, 1.82) is 0 Å². The van der Waals surface area contributed by atoms with E-state index in [1.54, 1.807) is 0 Å². The molecule has 0 N–H and O–H groups in total. The molecular weight excluding hydrogens is 321 g/mol. The van der Waals surface area contributed by atoms with Crippen molar-refractivity contribution in [2.75, 3.05) is 92.1 Å². The molecule has 3 heterocycles. The highest BCUT2D eigenvalue weighted by atomic mass is 31.2. The van der Waals surface area contributed by atoms with Gasteiger partial charge in [-0.2, -0.15) is 0 Å². The molecule has 0 saturated carbocycles. The lowest BCUT2D eigenvalue weighted by Crippen LogP contribution is -2.33. The second-order valence-corrected chi connectivity index (χ2v) is 8.55. The highest BCUT2D eigenvalue weighted by Crippen LogP contribution is 2.62. The van der Waals surface area contributed by atoms with Gasteiger partial charge in [0.05, 0.1) is 52.9 Å². The molecule has 9 heteroatoms. The summed E-state index contributed by atoms with van der Waals surface area (Å²) in [5.74, 6) is 0. The molecule has 3 aliphatic rings. The van der Waals surface area contributed by atoms with Crippen molar-refractivity contribution < 1.29 is 23.5 Å². The molecule has 0 aromatic rings. The number of nitrogens with zero attached hydrogens (tertiary/aromatic N) is 3. The van der Waals surface area contributed by atoms with E-state index in [-0.39, 0.29) is 0 Å². The molecule has 23 heavy (non-hydrogen) atoms. The molecule has 3 rings (SSSR count). The summed E-state index contributed by atoms with van der Waals surface area (Å²) in [5, 5.41) is 0. The van der Waals surface area contributed by atoms with Crippen LogP contribution >= 0.6 is 7.59 Å². The number of hydrogen-bond donors (Lipinski definition) is 0. The Hall–Kier alpha value is -0.0500. The number of hydrogen-bond acceptors (Lipinski definition) is 5. The van der Waals surface area contributed by atoms with Crippen molar-refractivity contribution >= 4 is 7.59 Å². The zero-order valence-corrected chi connectivity index (χ0v) is 14.6. The van der Waals surface area contributed by atoms with Crippen LogP contribution in [0.2, 0.25) is 0 Å². The van der Waals surface area contributed by atoms with Gasteiger partial charge in [0, 0.05) is 39.3 Å². The zero-order chi connectivity index (χ0) is 16.0. The van der Waals surface area contributed by atoms with Crippen LogP contribution in [0.1, 0.15) is 0 Å². The van der Waals surface area contributed by atoms with E-state index < -0.39 is 7.59 Å². The standard InChI is InChI=1S/C14H28N3O5P/c18-23(15-1-2-15,16-3-4-16)17-5-7-19-9-11-21-13-14-22-12-10-20-8-6-17/h1-14H2. The van der Waals surface area contributed by atoms with Crippen LogP contribution < -0.4 is 0 Å². The first kappa shape index (κ1) is 17.8. The van der Waals surface area contributed by atoms with Gasteiger partial charge in [0.1, 0.15) is 0 Å². The fraction of sp³-hybridized carbons (Fsp3) is 1.00. The van der Waals surface area contributed by atoms with Gasteiger partial charge in [0.25, 0.3) is 7.59 Å². The summed E-state index contributed by atoms with van der Waals surface area (Å²) in [6.07, 6.45) is 0. The van der Waals surface area contributed by atoms with Crippen LogP contribution in [-0.4, -0.2) is 106 Å². The van der Waals surface area contributed by atoms with Crippen molar-refractivity contribution in [3.8, 4) is 0 Å². The first-order valence-corrected chi connectivity index (χ1v) is 10.1. The molecule has 0 aromatic carbocycles. The summed E-state index contributed by atoms with van der Waals surface area (Å²) in [5.41, 5.74) is 0. The molecule has 0 amide bonds. The average Bonchev–Trinajstić information content (AvgIpc) is 3.42. The lowest BCUT2D eigenvalue weighted by atomic mass is 10.6. The van der Waals surface area contributed by atoms with Crippen LogP contribution in [0.4, 0.5) is 0 Å². The van der Waals surface area contributed by atoms with E-state index in [0.29, 0.717) is 65.9 Å². The van der Waals surface area contributed by atoms with Gasteiger partial charge in [-0.05, 0) is 0 Å². The molecular formula is C14H28N3O5P. The Balaban J connectivity index is 1.55. The van der Waals surface area contributed by atoms with Crippen LogP contribution in [0, 0.1) is 0 Å². The van der Waals surface area contributed by atoms with Gasteiger partial charge in [-0.1, -0.05) is 0 Å². The quantitative estimate of drug-likeness (QED) is 0.526. The van der Waals surface area contributed by atoms with Gasteiger partial charge in [-0.3, -0.25) is 4.57 Å². The Bertz CT molecular complexity index is 374. The normalized spacial score (nSPS) is 28.0. The minimum absolute atomic E-state index is 0.558. The zero-order valence-electron chi connectivity index (χ0n) is 13.7. The van der Waals surface area contributed by atoms with Crippen LogP contribution in [0.15, 0.2) is 0 Å². The maximum atomic E-state index is 13.5. The summed E-state index contributed by atoms with van der Waals surface area (Å²) < 4.78 is 41.8. The third-order valence-corrected chi connectivity index (χ3v) is 7.47. The third-order valence-electron chi connectivity index (χ3n) is 4.06. The lowest BCUT2D eigenvalue weighted by Gasteiger charge is -2.32. The maximum Gasteiger partial charge on any atom is 0.287 e. The van der Waals surface area contributed by atoms with Gasteiger partial charge in [-0.15, -0.1) is 0 Å². The summed E-state index contributed by atoms with van der Waals surface area (Å²) >= 11 is 0. The summed E-state index contributed by atoms with van der Waals surface area (Å²) in [7, 11) is -2.57. The highest BCUT2D eigenvalue weighted by molar-refractivity contribution is 7.57. The van der Waals surface area contributed by atoms with Gasteiger partial charge >= 0.3 is 0 Å². The monoisotopic (exact) mass is 349 g/mol. The number of rotatable bonds is 3. The first-order chi connectivity index (χ1) is 11.3. The Kier molecular flexibility index (Phi) is 6.85. The largest absolute Gasteiger partial charge is 0.378 e. The van der Waals surface area contributed by atoms with Crippen molar-refractivity contribution in [2.24, 2.45) is 0 Å². The topological polar surface area (TPSA) is 63.2 Å². The molecule has 3 fully saturated rings. The number of ether oxygens (including phenoxy) is 4. The minimum atomic E-state index is -2.57. The van der Waals surface area contributed by atoms with Crippen LogP contribution in [-0.2, 0) is 23.5 Å². The summed E-state index contributed by atoms with van der Waals surface area (Å²) in [6.45, 7) is 9.53. The first-order valence-electron chi connectivity index (χ1n) is 8.49. The van der Waals surface area contributed by atoms with E-state index in [1.165, 1.54) is 0 Å². The molecule has 0 aromatic heterocycles. The summed E-state index contributed by atoms with van der Waals surface area (Å²) in [4.78, 5) is 0. The predicted molar refractivity (Wildman–Crippen MR) is 85.6 cm³/mol. The fourth-order valence-corrected chi connectivity index (χ4v) is 5.60. The smallest absolute Gasteiger partial charge is 0.287 e. The van der Waals surface area contributed by atoms with E-state index in [4.69, 9.17) is 18.9 Å². The van der Waals surface area contributed by atoms with E-state index in [2.05, 4.69) is 14.0 Å².